The molecule has 0 saturated carbocycles. The van der Waals surface area contributed by atoms with E-state index in [9.17, 15) is 9.59 Å². The average molecular weight is 370 g/mol. The van der Waals surface area contributed by atoms with E-state index in [-0.39, 0.29) is 17.7 Å². The van der Waals surface area contributed by atoms with E-state index in [1.165, 1.54) is 4.90 Å². The first-order valence-electron chi connectivity index (χ1n) is 9.97. The molecule has 2 amide bonds. The lowest BCUT2D eigenvalue weighted by Crippen LogP contribution is -2.37. The Balaban J connectivity index is 1.92. The SMILES string of the molecule is CC(C)COc1ccc(C2=C(N3CCCC3)C(=O)N(CC(C)C)C2=O)cc1. The molecule has 27 heavy (non-hydrogen) atoms. The van der Waals surface area contributed by atoms with E-state index in [2.05, 4.69) is 18.7 Å². The molecule has 0 N–H and O–H groups in total. The number of amides is 2. The number of hydrogen-bond acceptors (Lipinski definition) is 4. The van der Waals surface area contributed by atoms with Crippen LogP contribution in [0.25, 0.3) is 5.57 Å². The summed E-state index contributed by atoms with van der Waals surface area (Å²) in [6.07, 6.45) is 2.12. The highest BCUT2D eigenvalue weighted by atomic mass is 16.5. The van der Waals surface area contributed by atoms with E-state index in [4.69, 9.17) is 4.74 Å². The molecule has 2 heterocycles. The predicted octanol–water partition coefficient (Wildman–Crippen LogP) is 3.55. The van der Waals surface area contributed by atoms with Gasteiger partial charge in [0, 0.05) is 19.6 Å². The summed E-state index contributed by atoms with van der Waals surface area (Å²) >= 11 is 0. The standard InChI is InChI=1S/C22H30N2O3/c1-15(2)13-24-21(25)19(20(22(24)26)23-11-5-6-12-23)17-7-9-18(10-8-17)27-14-16(3)4/h7-10,15-16H,5-6,11-14H2,1-4H3. The largest absolute Gasteiger partial charge is 0.493 e. The molecular formula is C22H30N2O3. The maximum absolute atomic E-state index is 13.1. The van der Waals surface area contributed by atoms with Gasteiger partial charge in [-0.1, -0.05) is 39.8 Å². The minimum Gasteiger partial charge on any atom is -0.493 e. The van der Waals surface area contributed by atoms with Gasteiger partial charge in [0.05, 0.1) is 12.2 Å². The highest BCUT2D eigenvalue weighted by Crippen LogP contribution is 2.34. The van der Waals surface area contributed by atoms with Crippen molar-refractivity contribution in [3.05, 3.63) is 35.5 Å². The topological polar surface area (TPSA) is 49.9 Å². The maximum Gasteiger partial charge on any atom is 0.277 e. The van der Waals surface area contributed by atoms with Crippen molar-refractivity contribution in [2.45, 2.75) is 40.5 Å². The molecule has 5 nitrogen and oxygen atoms in total. The highest BCUT2D eigenvalue weighted by Gasteiger charge is 2.42. The number of likely N-dealkylation sites (tertiary alicyclic amines) is 1. The van der Waals surface area contributed by atoms with Crippen LogP contribution in [0.1, 0.15) is 46.1 Å². The summed E-state index contributed by atoms with van der Waals surface area (Å²) in [7, 11) is 0. The van der Waals surface area contributed by atoms with Gasteiger partial charge >= 0.3 is 0 Å². The van der Waals surface area contributed by atoms with Gasteiger partial charge in [-0.05, 0) is 42.4 Å². The van der Waals surface area contributed by atoms with E-state index < -0.39 is 0 Å². The maximum atomic E-state index is 13.1. The van der Waals surface area contributed by atoms with Gasteiger partial charge in [0.2, 0.25) is 0 Å². The van der Waals surface area contributed by atoms with Crippen molar-refractivity contribution < 1.29 is 14.3 Å². The van der Waals surface area contributed by atoms with Crippen molar-refractivity contribution in [3.63, 3.8) is 0 Å². The number of rotatable bonds is 7. The third-order valence-electron chi connectivity index (χ3n) is 4.84. The smallest absolute Gasteiger partial charge is 0.277 e. The molecular weight excluding hydrogens is 340 g/mol. The van der Waals surface area contributed by atoms with Gasteiger partial charge in [0.25, 0.3) is 11.8 Å². The Morgan fingerprint density at radius 2 is 1.56 bits per heavy atom. The average Bonchev–Trinajstić information content (AvgIpc) is 3.22. The van der Waals surface area contributed by atoms with Crippen LogP contribution in [0.3, 0.4) is 0 Å². The van der Waals surface area contributed by atoms with Crippen molar-refractivity contribution in [2.24, 2.45) is 11.8 Å². The molecule has 1 aromatic carbocycles. The van der Waals surface area contributed by atoms with Crippen LogP contribution >= 0.6 is 0 Å². The summed E-state index contributed by atoms with van der Waals surface area (Å²) in [6.45, 7) is 11.0. The summed E-state index contributed by atoms with van der Waals surface area (Å²) in [5, 5.41) is 0. The van der Waals surface area contributed by atoms with E-state index in [0.717, 1.165) is 37.2 Å². The van der Waals surface area contributed by atoms with Crippen LogP contribution in [0.2, 0.25) is 0 Å². The van der Waals surface area contributed by atoms with Crippen LogP contribution < -0.4 is 4.74 Å². The Hall–Kier alpha value is -2.30. The quantitative estimate of drug-likeness (QED) is 0.689. The number of carbonyl (C=O) groups excluding carboxylic acids is 2. The first-order valence-corrected chi connectivity index (χ1v) is 9.97. The minimum atomic E-state index is -0.175. The van der Waals surface area contributed by atoms with Gasteiger partial charge in [-0.2, -0.15) is 0 Å². The second kappa shape index (κ2) is 8.15. The monoisotopic (exact) mass is 370 g/mol. The molecule has 1 fully saturated rings. The molecule has 3 rings (SSSR count). The number of hydrogen-bond donors (Lipinski definition) is 0. The second-order valence-corrected chi connectivity index (χ2v) is 8.26. The van der Waals surface area contributed by atoms with Gasteiger partial charge < -0.3 is 9.64 Å². The number of ether oxygens (including phenoxy) is 1. The van der Waals surface area contributed by atoms with Crippen molar-refractivity contribution in [1.29, 1.82) is 0 Å². The number of carbonyl (C=O) groups is 2. The zero-order chi connectivity index (χ0) is 19.6. The van der Waals surface area contributed by atoms with E-state index in [1.807, 2.05) is 38.1 Å². The third kappa shape index (κ3) is 4.18. The zero-order valence-electron chi connectivity index (χ0n) is 16.8. The highest BCUT2D eigenvalue weighted by molar-refractivity contribution is 6.35. The second-order valence-electron chi connectivity index (χ2n) is 8.26. The van der Waals surface area contributed by atoms with Crippen molar-refractivity contribution in [1.82, 2.24) is 9.80 Å². The van der Waals surface area contributed by atoms with Crippen LogP contribution in [-0.4, -0.2) is 47.9 Å². The van der Waals surface area contributed by atoms with Gasteiger partial charge in [0.15, 0.2) is 0 Å². The summed E-state index contributed by atoms with van der Waals surface area (Å²) in [5.41, 5.74) is 1.91. The van der Waals surface area contributed by atoms with E-state index in [0.29, 0.717) is 30.3 Å². The van der Waals surface area contributed by atoms with E-state index in [1.54, 1.807) is 0 Å². The molecule has 0 aromatic heterocycles. The van der Waals surface area contributed by atoms with Crippen LogP contribution in [0.5, 0.6) is 5.75 Å². The zero-order valence-corrected chi connectivity index (χ0v) is 16.8. The normalized spacial score (nSPS) is 17.9. The fourth-order valence-electron chi connectivity index (χ4n) is 3.57. The summed E-state index contributed by atoms with van der Waals surface area (Å²) in [4.78, 5) is 29.7. The molecule has 0 atom stereocenters. The van der Waals surface area contributed by atoms with Crippen molar-refractivity contribution >= 4 is 17.4 Å². The lowest BCUT2D eigenvalue weighted by molar-refractivity contribution is -0.138. The van der Waals surface area contributed by atoms with Gasteiger partial charge in [-0.25, -0.2) is 0 Å². The van der Waals surface area contributed by atoms with E-state index >= 15 is 0 Å². The summed E-state index contributed by atoms with van der Waals surface area (Å²) < 4.78 is 5.74. The molecule has 0 spiro atoms. The number of imide groups is 1. The Kier molecular flexibility index (Phi) is 5.88. The molecule has 0 unspecified atom stereocenters. The van der Waals surface area contributed by atoms with Gasteiger partial charge in [-0.15, -0.1) is 0 Å². The van der Waals surface area contributed by atoms with Gasteiger partial charge in [-0.3, -0.25) is 14.5 Å². The molecule has 2 aliphatic rings. The molecule has 0 bridgehead atoms. The Morgan fingerprint density at radius 1 is 0.926 bits per heavy atom. The molecule has 146 valence electrons. The third-order valence-corrected chi connectivity index (χ3v) is 4.84. The molecule has 0 aliphatic carbocycles. The fraction of sp³-hybridized carbons (Fsp3) is 0.545. The molecule has 5 heteroatoms. The number of nitrogens with zero attached hydrogens (tertiary/aromatic N) is 2. The lowest BCUT2D eigenvalue weighted by Gasteiger charge is -2.21. The van der Waals surface area contributed by atoms with Crippen molar-refractivity contribution in [2.75, 3.05) is 26.2 Å². The first kappa shape index (κ1) is 19.5. The molecule has 0 radical (unpaired) electrons. The lowest BCUT2D eigenvalue weighted by atomic mass is 10.0. The minimum absolute atomic E-state index is 0.147. The Morgan fingerprint density at radius 3 is 2.11 bits per heavy atom. The first-order chi connectivity index (χ1) is 12.9. The fourth-order valence-corrected chi connectivity index (χ4v) is 3.57. The van der Waals surface area contributed by atoms with Gasteiger partial charge in [0.1, 0.15) is 11.4 Å². The molecule has 1 aromatic rings. The Bertz CT molecular complexity index is 728. The van der Waals surface area contributed by atoms with Crippen LogP contribution in [0, 0.1) is 11.8 Å². The van der Waals surface area contributed by atoms with Crippen molar-refractivity contribution in [3.8, 4) is 5.75 Å². The van der Waals surface area contributed by atoms with Crippen LogP contribution in [-0.2, 0) is 9.59 Å². The summed E-state index contributed by atoms with van der Waals surface area (Å²) in [5.74, 6) is 1.15. The predicted molar refractivity (Wildman–Crippen MR) is 106 cm³/mol. The molecule has 1 saturated heterocycles. The Labute approximate surface area is 162 Å². The van der Waals surface area contributed by atoms with Crippen LogP contribution in [0.4, 0.5) is 0 Å². The van der Waals surface area contributed by atoms with Crippen LogP contribution in [0.15, 0.2) is 30.0 Å². The number of benzene rings is 1. The molecule has 2 aliphatic heterocycles. The summed E-state index contributed by atoms with van der Waals surface area (Å²) in [6, 6.07) is 7.56.